The van der Waals surface area contributed by atoms with E-state index in [1.807, 2.05) is 31.2 Å². The van der Waals surface area contributed by atoms with Crippen LogP contribution in [0.25, 0.3) is 5.76 Å². The maximum Gasteiger partial charge on any atom is 0.295 e. The van der Waals surface area contributed by atoms with Crippen molar-refractivity contribution in [2.45, 2.75) is 25.8 Å². The molecule has 4 rings (SSSR count). The number of aliphatic hydroxyl groups excluding tert-OH is 1. The zero-order valence-corrected chi connectivity index (χ0v) is 20.9. The number of ketones is 1. The molecular weight excluding hydrogens is 460 g/mol. The predicted octanol–water partition coefficient (Wildman–Crippen LogP) is 3.63. The van der Waals surface area contributed by atoms with Crippen molar-refractivity contribution in [3.05, 3.63) is 65.2 Å². The van der Waals surface area contributed by atoms with Crippen LogP contribution in [0.1, 0.15) is 36.9 Å². The first kappa shape index (κ1) is 25.7. The van der Waals surface area contributed by atoms with Gasteiger partial charge in [0.1, 0.15) is 17.3 Å². The number of methoxy groups -OCH3 is 1. The van der Waals surface area contributed by atoms with Crippen molar-refractivity contribution in [1.29, 1.82) is 0 Å². The molecule has 1 amide bonds. The lowest BCUT2D eigenvalue weighted by Gasteiger charge is -2.29. The van der Waals surface area contributed by atoms with Crippen LogP contribution in [0.4, 0.5) is 0 Å². The second kappa shape index (κ2) is 12.1. The van der Waals surface area contributed by atoms with Gasteiger partial charge in [-0.25, -0.2) is 0 Å². The van der Waals surface area contributed by atoms with E-state index < -0.39 is 17.7 Å². The number of morpholine rings is 1. The maximum atomic E-state index is 13.3. The first-order valence-electron chi connectivity index (χ1n) is 12.5. The van der Waals surface area contributed by atoms with Gasteiger partial charge in [-0.15, -0.1) is 0 Å². The molecule has 0 saturated carbocycles. The minimum atomic E-state index is -0.707. The zero-order valence-electron chi connectivity index (χ0n) is 20.9. The number of aliphatic hydroxyl groups is 1. The average Bonchev–Trinajstić information content (AvgIpc) is 3.17. The summed E-state index contributed by atoms with van der Waals surface area (Å²) in [6, 6.07) is 13.5. The van der Waals surface area contributed by atoms with Crippen LogP contribution >= 0.6 is 0 Å². The lowest BCUT2D eigenvalue weighted by molar-refractivity contribution is -0.140. The van der Waals surface area contributed by atoms with E-state index in [1.54, 1.807) is 36.3 Å². The summed E-state index contributed by atoms with van der Waals surface area (Å²) in [5.74, 6) is -0.182. The molecule has 2 aliphatic rings. The van der Waals surface area contributed by atoms with Gasteiger partial charge in [0.25, 0.3) is 11.7 Å². The van der Waals surface area contributed by atoms with Gasteiger partial charge in [0.05, 0.1) is 38.5 Å². The van der Waals surface area contributed by atoms with Crippen LogP contribution in [0.3, 0.4) is 0 Å². The van der Waals surface area contributed by atoms with E-state index in [1.165, 1.54) is 0 Å². The number of hydrogen-bond acceptors (Lipinski definition) is 7. The third-order valence-corrected chi connectivity index (χ3v) is 6.53. The van der Waals surface area contributed by atoms with Crippen molar-refractivity contribution in [1.82, 2.24) is 9.80 Å². The molecule has 2 aromatic rings. The molecule has 1 N–H and O–H groups in total. The van der Waals surface area contributed by atoms with Crippen molar-refractivity contribution in [2.75, 3.05) is 53.1 Å². The molecule has 2 heterocycles. The van der Waals surface area contributed by atoms with E-state index in [4.69, 9.17) is 14.2 Å². The fourth-order valence-corrected chi connectivity index (χ4v) is 4.65. The number of carbonyl (C=O) groups is 2. The predicted molar refractivity (Wildman–Crippen MR) is 136 cm³/mol. The van der Waals surface area contributed by atoms with Crippen molar-refractivity contribution >= 4 is 17.4 Å². The van der Waals surface area contributed by atoms with Gasteiger partial charge in [0.2, 0.25) is 0 Å². The summed E-state index contributed by atoms with van der Waals surface area (Å²) in [5.41, 5.74) is 1.26. The van der Waals surface area contributed by atoms with E-state index in [2.05, 4.69) is 4.90 Å². The number of amides is 1. The molecule has 192 valence electrons. The summed E-state index contributed by atoms with van der Waals surface area (Å²) in [6.07, 6.45) is 1.57. The molecule has 8 nitrogen and oxygen atoms in total. The highest BCUT2D eigenvalue weighted by Crippen LogP contribution is 2.40. The van der Waals surface area contributed by atoms with E-state index in [0.717, 1.165) is 31.6 Å². The summed E-state index contributed by atoms with van der Waals surface area (Å²) in [7, 11) is 1.56. The lowest BCUT2D eigenvalue weighted by atomic mass is 9.95. The Kier molecular flexibility index (Phi) is 8.61. The number of ether oxygens (including phenoxy) is 3. The van der Waals surface area contributed by atoms with E-state index in [0.29, 0.717) is 49.8 Å². The Bertz CT molecular complexity index is 1090. The molecule has 0 radical (unpaired) electrons. The summed E-state index contributed by atoms with van der Waals surface area (Å²) in [5, 5.41) is 11.2. The Hall–Kier alpha value is -3.36. The Labute approximate surface area is 212 Å². The number of nitrogens with zero attached hydrogens (tertiary/aromatic N) is 2. The highest BCUT2D eigenvalue weighted by Gasteiger charge is 2.46. The minimum Gasteiger partial charge on any atom is -0.507 e. The van der Waals surface area contributed by atoms with Crippen LogP contribution in [0.2, 0.25) is 0 Å². The number of benzene rings is 2. The number of likely N-dealkylation sites (tertiary alicyclic amines) is 1. The molecule has 36 heavy (non-hydrogen) atoms. The standard InChI is InChI=1S/C28H34N2O6/c1-3-16-36-23-7-4-6-21(19-23)25-24(26(31)20-8-10-22(34-2)11-9-20)27(32)28(33)30(25)13-5-12-29-14-17-35-18-15-29/h4,6-11,19,25,31H,3,5,12-18H2,1-2H3/t25-/m1/s1. The van der Waals surface area contributed by atoms with Crippen LogP contribution in [-0.4, -0.2) is 79.7 Å². The number of Topliss-reactive ketones (excluding diaryl/α,β-unsaturated/α-hetero) is 1. The van der Waals surface area contributed by atoms with Gasteiger partial charge in [-0.2, -0.15) is 0 Å². The molecule has 0 aromatic heterocycles. The van der Waals surface area contributed by atoms with Crippen molar-refractivity contribution in [3.63, 3.8) is 0 Å². The zero-order chi connectivity index (χ0) is 25.5. The van der Waals surface area contributed by atoms with Crippen molar-refractivity contribution in [2.24, 2.45) is 0 Å². The van der Waals surface area contributed by atoms with Gasteiger partial charge < -0.3 is 24.2 Å². The molecule has 2 aromatic carbocycles. The SMILES string of the molecule is CCCOc1cccc([C@@H]2C(=C(O)c3ccc(OC)cc3)C(=O)C(=O)N2CCCN2CCOCC2)c1. The van der Waals surface area contributed by atoms with Crippen LogP contribution < -0.4 is 9.47 Å². The largest absolute Gasteiger partial charge is 0.507 e. The lowest BCUT2D eigenvalue weighted by Crippen LogP contribution is -2.38. The van der Waals surface area contributed by atoms with Gasteiger partial charge in [0.15, 0.2) is 0 Å². The van der Waals surface area contributed by atoms with Crippen LogP contribution in [0, 0.1) is 0 Å². The quantitative estimate of drug-likeness (QED) is 0.307. The Balaban J connectivity index is 1.67. The fourth-order valence-electron chi connectivity index (χ4n) is 4.65. The third kappa shape index (κ3) is 5.71. The second-order valence-corrected chi connectivity index (χ2v) is 8.95. The summed E-state index contributed by atoms with van der Waals surface area (Å²) >= 11 is 0. The van der Waals surface area contributed by atoms with Crippen molar-refractivity contribution in [3.8, 4) is 11.5 Å². The maximum absolute atomic E-state index is 13.3. The number of rotatable bonds is 10. The molecule has 1 atom stereocenters. The Morgan fingerprint density at radius 1 is 1.06 bits per heavy atom. The van der Waals surface area contributed by atoms with Gasteiger partial charge in [-0.05, 0) is 54.8 Å². The molecule has 8 heteroatoms. The normalized spacial score (nSPS) is 20.1. The van der Waals surface area contributed by atoms with Gasteiger partial charge >= 0.3 is 0 Å². The Morgan fingerprint density at radius 2 is 1.81 bits per heavy atom. The van der Waals surface area contributed by atoms with Crippen LogP contribution in [0.5, 0.6) is 11.5 Å². The van der Waals surface area contributed by atoms with E-state index in [9.17, 15) is 14.7 Å². The number of hydrogen-bond donors (Lipinski definition) is 1. The highest BCUT2D eigenvalue weighted by atomic mass is 16.5. The van der Waals surface area contributed by atoms with E-state index >= 15 is 0 Å². The fraction of sp³-hybridized carbons (Fsp3) is 0.429. The van der Waals surface area contributed by atoms with Crippen LogP contribution in [0.15, 0.2) is 54.1 Å². The summed E-state index contributed by atoms with van der Waals surface area (Å²) in [4.78, 5) is 30.4. The highest BCUT2D eigenvalue weighted by molar-refractivity contribution is 6.46. The molecule has 2 fully saturated rings. The molecule has 2 aliphatic heterocycles. The first-order valence-corrected chi connectivity index (χ1v) is 12.5. The molecule has 0 bridgehead atoms. The first-order chi connectivity index (χ1) is 17.5. The summed E-state index contributed by atoms with van der Waals surface area (Å²) < 4.78 is 16.4. The number of carbonyl (C=O) groups excluding carboxylic acids is 2. The van der Waals surface area contributed by atoms with E-state index in [-0.39, 0.29) is 11.3 Å². The molecule has 0 spiro atoms. The summed E-state index contributed by atoms with van der Waals surface area (Å²) in [6.45, 7) is 6.92. The monoisotopic (exact) mass is 494 g/mol. The van der Waals surface area contributed by atoms with Gasteiger partial charge in [0, 0.05) is 31.7 Å². The molecular formula is C28H34N2O6. The molecule has 0 unspecified atom stereocenters. The second-order valence-electron chi connectivity index (χ2n) is 8.95. The smallest absolute Gasteiger partial charge is 0.295 e. The molecule has 2 saturated heterocycles. The van der Waals surface area contributed by atoms with Crippen LogP contribution in [-0.2, 0) is 14.3 Å². The van der Waals surface area contributed by atoms with Gasteiger partial charge in [-0.1, -0.05) is 19.1 Å². The third-order valence-electron chi connectivity index (χ3n) is 6.53. The Morgan fingerprint density at radius 3 is 2.50 bits per heavy atom. The molecule has 0 aliphatic carbocycles. The topological polar surface area (TPSA) is 88.5 Å². The van der Waals surface area contributed by atoms with Gasteiger partial charge in [-0.3, -0.25) is 14.5 Å². The average molecular weight is 495 g/mol. The van der Waals surface area contributed by atoms with Crippen molar-refractivity contribution < 1.29 is 28.9 Å². The minimum absolute atomic E-state index is 0.0872.